The number of hydrogen-bond acceptors (Lipinski definition) is 2. The highest BCUT2D eigenvalue weighted by atomic mass is 14.9. The van der Waals surface area contributed by atoms with Gasteiger partial charge in [-0.2, -0.15) is 0 Å². The van der Waals surface area contributed by atoms with E-state index in [4.69, 9.17) is 9.97 Å². The van der Waals surface area contributed by atoms with Crippen molar-refractivity contribution in [2.75, 3.05) is 0 Å². The molecule has 0 saturated heterocycles. The Morgan fingerprint density at radius 3 is 1.50 bits per heavy atom. The predicted octanol–water partition coefficient (Wildman–Crippen LogP) is 12.3. The van der Waals surface area contributed by atoms with Crippen molar-refractivity contribution in [1.29, 1.82) is 0 Å². The van der Waals surface area contributed by atoms with Crippen molar-refractivity contribution in [1.82, 2.24) is 9.97 Å². The van der Waals surface area contributed by atoms with Crippen LogP contribution in [0.15, 0.2) is 182 Å². The van der Waals surface area contributed by atoms with E-state index in [2.05, 4.69) is 182 Å². The lowest BCUT2D eigenvalue weighted by Crippen LogP contribution is -1.96. The van der Waals surface area contributed by atoms with Gasteiger partial charge in [0.2, 0.25) is 0 Å². The highest BCUT2D eigenvalue weighted by Gasteiger charge is 2.15. The molecule has 1 heterocycles. The Balaban J connectivity index is 1.17. The second kappa shape index (κ2) is 11.8. The van der Waals surface area contributed by atoms with Crippen molar-refractivity contribution >= 4 is 32.4 Å². The summed E-state index contributed by atoms with van der Waals surface area (Å²) in [6.07, 6.45) is 0. The SMILES string of the molecule is c1ccc(-c2cccc(-c3cccc(-c4cccc(-c5nc(-c6ccc7ccccc7c6)nc6c5ccc5ccccc56)c4)c3)c2)cc1. The van der Waals surface area contributed by atoms with Crippen LogP contribution in [0.4, 0.5) is 0 Å². The molecule has 0 aliphatic heterocycles. The minimum absolute atomic E-state index is 0.727. The maximum atomic E-state index is 5.28. The molecule has 9 rings (SSSR count). The van der Waals surface area contributed by atoms with Crippen molar-refractivity contribution in [2.24, 2.45) is 0 Å². The minimum Gasteiger partial charge on any atom is -0.227 e. The molecule has 48 heavy (non-hydrogen) atoms. The Morgan fingerprint density at radius 2 is 0.792 bits per heavy atom. The summed E-state index contributed by atoms with van der Waals surface area (Å²) in [7, 11) is 0. The molecule has 0 spiro atoms. The van der Waals surface area contributed by atoms with Gasteiger partial charge in [0.25, 0.3) is 0 Å². The quantitative estimate of drug-likeness (QED) is 0.181. The number of fused-ring (bicyclic) bond motifs is 4. The monoisotopic (exact) mass is 610 g/mol. The molecule has 224 valence electrons. The van der Waals surface area contributed by atoms with E-state index in [0.29, 0.717) is 0 Å². The van der Waals surface area contributed by atoms with Crippen LogP contribution in [0.25, 0.3) is 88.5 Å². The third kappa shape index (κ3) is 5.10. The summed E-state index contributed by atoms with van der Waals surface area (Å²) in [5.74, 6) is 0.727. The molecule has 0 fully saturated rings. The van der Waals surface area contributed by atoms with Crippen LogP contribution in [-0.4, -0.2) is 9.97 Å². The van der Waals surface area contributed by atoms with Crippen LogP contribution in [0, 0.1) is 0 Å². The van der Waals surface area contributed by atoms with E-state index < -0.39 is 0 Å². The third-order valence-corrected chi connectivity index (χ3v) is 9.23. The summed E-state index contributed by atoms with van der Waals surface area (Å²) in [6.45, 7) is 0. The number of aromatic nitrogens is 2. The fraction of sp³-hybridized carbons (Fsp3) is 0. The van der Waals surface area contributed by atoms with Crippen LogP contribution in [0.2, 0.25) is 0 Å². The summed E-state index contributed by atoms with van der Waals surface area (Å²) in [5, 5.41) is 5.72. The Labute approximate surface area is 279 Å². The Kier molecular flexibility index (Phi) is 6.84. The highest BCUT2D eigenvalue weighted by Crippen LogP contribution is 2.36. The first-order chi connectivity index (χ1) is 23.8. The number of nitrogens with zero attached hydrogens (tertiary/aromatic N) is 2. The van der Waals surface area contributed by atoms with Gasteiger partial charge < -0.3 is 0 Å². The zero-order valence-electron chi connectivity index (χ0n) is 26.2. The molecule has 2 nitrogen and oxygen atoms in total. The summed E-state index contributed by atoms with van der Waals surface area (Å²) in [4.78, 5) is 10.5. The second-order valence-electron chi connectivity index (χ2n) is 12.2. The van der Waals surface area contributed by atoms with E-state index in [1.807, 2.05) is 0 Å². The third-order valence-electron chi connectivity index (χ3n) is 9.23. The predicted molar refractivity (Wildman–Crippen MR) is 202 cm³/mol. The fourth-order valence-electron chi connectivity index (χ4n) is 6.77. The summed E-state index contributed by atoms with van der Waals surface area (Å²) in [5.41, 5.74) is 11.1. The van der Waals surface area contributed by atoms with Gasteiger partial charge in [-0.1, -0.05) is 152 Å². The van der Waals surface area contributed by atoms with E-state index in [1.165, 1.54) is 38.4 Å². The molecular weight excluding hydrogens is 581 g/mol. The van der Waals surface area contributed by atoms with Gasteiger partial charge in [-0.25, -0.2) is 9.97 Å². The van der Waals surface area contributed by atoms with E-state index in [0.717, 1.165) is 50.1 Å². The molecule has 9 aromatic rings. The lowest BCUT2D eigenvalue weighted by atomic mass is 9.95. The van der Waals surface area contributed by atoms with Gasteiger partial charge in [0.15, 0.2) is 5.82 Å². The van der Waals surface area contributed by atoms with Crippen LogP contribution in [0.5, 0.6) is 0 Å². The Bertz CT molecular complexity index is 2620. The van der Waals surface area contributed by atoms with Gasteiger partial charge in [0, 0.05) is 21.9 Å². The standard InChI is InChI=1S/C46H30N2/c1-2-11-31(12-3-1)35-16-8-17-36(27-35)37-18-9-19-38(28-37)39-20-10-21-40(29-39)44-43-26-25-33-14-6-7-22-42(33)45(43)48-46(47-44)41-24-23-32-13-4-5-15-34(32)30-41/h1-30H. The molecule has 0 radical (unpaired) electrons. The summed E-state index contributed by atoms with van der Waals surface area (Å²) in [6, 6.07) is 64.6. The molecule has 8 aromatic carbocycles. The van der Waals surface area contributed by atoms with Crippen molar-refractivity contribution in [3.05, 3.63) is 182 Å². The van der Waals surface area contributed by atoms with Gasteiger partial charge in [-0.05, 0) is 79.9 Å². The van der Waals surface area contributed by atoms with Crippen molar-refractivity contribution in [3.8, 4) is 56.0 Å². The number of hydrogen-bond donors (Lipinski definition) is 0. The van der Waals surface area contributed by atoms with Crippen LogP contribution in [0.1, 0.15) is 0 Å². The molecule has 0 N–H and O–H groups in total. The number of benzene rings is 8. The average Bonchev–Trinajstić information content (AvgIpc) is 3.17. The Hall–Kier alpha value is -6.38. The van der Waals surface area contributed by atoms with Gasteiger partial charge in [0.05, 0.1) is 11.2 Å². The Morgan fingerprint density at radius 1 is 0.271 bits per heavy atom. The number of rotatable bonds is 5. The van der Waals surface area contributed by atoms with E-state index in [-0.39, 0.29) is 0 Å². The first-order valence-corrected chi connectivity index (χ1v) is 16.3. The minimum atomic E-state index is 0.727. The van der Waals surface area contributed by atoms with Gasteiger partial charge in [-0.15, -0.1) is 0 Å². The smallest absolute Gasteiger partial charge is 0.160 e. The van der Waals surface area contributed by atoms with Gasteiger partial charge in [-0.3, -0.25) is 0 Å². The van der Waals surface area contributed by atoms with Crippen molar-refractivity contribution in [2.45, 2.75) is 0 Å². The largest absolute Gasteiger partial charge is 0.227 e. The van der Waals surface area contributed by atoms with Crippen LogP contribution in [0.3, 0.4) is 0 Å². The molecule has 2 heteroatoms. The second-order valence-corrected chi connectivity index (χ2v) is 12.2. The normalized spacial score (nSPS) is 11.3. The van der Waals surface area contributed by atoms with Crippen molar-refractivity contribution < 1.29 is 0 Å². The maximum Gasteiger partial charge on any atom is 0.160 e. The highest BCUT2D eigenvalue weighted by molar-refractivity contribution is 6.10. The lowest BCUT2D eigenvalue weighted by Gasteiger charge is -2.13. The first kappa shape index (κ1) is 27.9. The van der Waals surface area contributed by atoms with Crippen LogP contribution in [-0.2, 0) is 0 Å². The zero-order chi connectivity index (χ0) is 31.9. The zero-order valence-corrected chi connectivity index (χ0v) is 26.2. The maximum absolute atomic E-state index is 5.28. The molecule has 0 unspecified atom stereocenters. The first-order valence-electron chi connectivity index (χ1n) is 16.3. The molecule has 1 aromatic heterocycles. The fourth-order valence-corrected chi connectivity index (χ4v) is 6.77. The molecule has 0 amide bonds. The van der Waals surface area contributed by atoms with Crippen LogP contribution < -0.4 is 0 Å². The van der Waals surface area contributed by atoms with E-state index in [9.17, 15) is 0 Å². The average molecular weight is 611 g/mol. The van der Waals surface area contributed by atoms with Crippen molar-refractivity contribution in [3.63, 3.8) is 0 Å². The van der Waals surface area contributed by atoms with Crippen LogP contribution >= 0.6 is 0 Å². The van der Waals surface area contributed by atoms with Gasteiger partial charge in [0.1, 0.15) is 0 Å². The molecular formula is C46H30N2. The molecule has 0 atom stereocenters. The summed E-state index contributed by atoms with van der Waals surface area (Å²) < 4.78 is 0. The van der Waals surface area contributed by atoms with Gasteiger partial charge >= 0.3 is 0 Å². The summed E-state index contributed by atoms with van der Waals surface area (Å²) >= 11 is 0. The molecule has 0 saturated carbocycles. The van der Waals surface area contributed by atoms with E-state index >= 15 is 0 Å². The van der Waals surface area contributed by atoms with E-state index in [1.54, 1.807) is 0 Å². The lowest BCUT2D eigenvalue weighted by molar-refractivity contribution is 1.24. The molecule has 0 aliphatic carbocycles. The molecule has 0 aliphatic rings. The molecule has 0 bridgehead atoms. The topological polar surface area (TPSA) is 25.8 Å².